The molecule has 0 aliphatic carbocycles. The summed E-state index contributed by atoms with van der Waals surface area (Å²) in [5, 5.41) is 0. The van der Waals surface area contributed by atoms with Gasteiger partial charge >= 0.3 is 32.5 Å². The number of rotatable bonds is 7. The topological polar surface area (TPSA) is 18.5 Å². The van der Waals surface area contributed by atoms with E-state index in [1.807, 2.05) is 0 Å². The smallest absolute Gasteiger partial charge is 0.398 e. The summed E-state index contributed by atoms with van der Waals surface area (Å²) >= 11 is 0. The molecule has 0 saturated carbocycles. The highest BCUT2D eigenvalue weighted by atomic mass is 28.4. The third-order valence-electron chi connectivity index (χ3n) is 2.97. The number of halogens is 9. The second-order valence-corrected chi connectivity index (χ2v) is 7.98. The Bertz CT molecular complexity index is 352. The van der Waals surface area contributed by atoms with Crippen LogP contribution < -0.4 is 0 Å². The fourth-order valence-corrected chi connectivity index (χ4v) is 2.58. The van der Waals surface area contributed by atoms with Crippen LogP contribution in [0.1, 0.15) is 6.42 Å². The molecule has 0 aliphatic heterocycles. The molecule has 0 N–H and O–H groups in total. The molecular weight excluding hydrogens is 339 g/mol. The molecule has 0 aromatic rings. The lowest BCUT2D eigenvalue weighted by atomic mass is 10.0. The van der Waals surface area contributed by atoms with E-state index >= 15 is 0 Å². The van der Waals surface area contributed by atoms with Crippen LogP contribution >= 0.6 is 0 Å². The average molecular weight is 352 g/mol. The summed E-state index contributed by atoms with van der Waals surface area (Å²) in [6.45, 7) is 1.17. The van der Waals surface area contributed by atoms with Gasteiger partial charge in [-0.1, -0.05) is 0 Å². The molecule has 0 atom stereocenters. The molecule has 0 heterocycles. The van der Waals surface area contributed by atoms with Crippen LogP contribution in [0.3, 0.4) is 0 Å². The molecule has 0 bridgehead atoms. The lowest BCUT2D eigenvalue weighted by Crippen LogP contribution is -2.61. The van der Waals surface area contributed by atoms with Gasteiger partial charge in [-0.3, -0.25) is 0 Å². The van der Waals surface area contributed by atoms with E-state index in [4.69, 9.17) is 0 Å². The Morgan fingerprint density at radius 2 is 1.14 bits per heavy atom. The van der Waals surface area contributed by atoms with Gasteiger partial charge in [0.2, 0.25) is 0 Å². The fourth-order valence-electron chi connectivity index (χ4n) is 1.24. The Morgan fingerprint density at radius 1 is 0.762 bits per heavy atom. The van der Waals surface area contributed by atoms with E-state index in [0.29, 0.717) is 0 Å². The Kier molecular flexibility index (Phi) is 5.81. The van der Waals surface area contributed by atoms with Crippen molar-refractivity contribution >= 4 is 8.56 Å². The van der Waals surface area contributed by atoms with E-state index < -0.39 is 45.0 Å². The van der Waals surface area contributed by atoms with Gasteiger partial charge in [0.1, 0.15) is 0 Å². The lowest BCUT2D eigenvalue weighted by Gasteiger charge is -2.34. The zero-order valence-corrected chi connectivity index (χ0v) is 12.1. The van der Waals surface area contributed by atoms with Crippen LogP contribution in [0.4, 0.5) is 39.5 Å². The van der Waals surface area contributed by atoms with Crippen LogP contribution in [0.2, 0.25) is 12.6 Å². The molecule has 0 unspecified atom stereocenters. The quantitative estimate of drug-likeness (QED) is 0.505. The molecule has 0 aromatic carbocycles. The van der Waals surface area contributed by atoms with Crippen LogP contribution in [-0.4, -0.2) is 46.7 Å². The maximum absolute atomic E-state index is 13.2. The van der Waals surface area contributed by atoms with Gasteiger partial charge in [0.05, 0.1) is 0 Å². The van der Waals surface area contributed by atoms with E-state index in [0.717, 1.165) is 14.2 Å². The molecule has 0 rings (SSSR count). The largest absolute Gasteiger partial charge is 0.460 e. The zero-order valence-electron chi connectivity index (χ0n) is 11.1. The Morgan fingerprint density at radius 3 is 1.43 bits per heavy atom. The summed E-state index contributed by atoms with van der Waals surface area (Å²) in [5.74, 6) is -19.0. The summed E-state index contributed by atoms with van der Waals surface area (Å²) in [5.41, 5.74) is 0. The molecule has 2 nitrogen and oxygen atoms in total. The zero-order chi connectivity index (χ0) is 17.3. The molecule has 21 heavy (non-hydrogen) atoms. The predicted molar refractivity (Wildman–Crippen MR) is 56.0 cm³/mol. The van der Waals surface area contributed by atoms with Gasteiger partial charge in [-0.15, -0.1) is 0 Å². The first kappa shape index (κ1) is 20.5. The Hall–Kier alpha value is -0.493. The molecule has 0 saturated heterocycles. The predicted octanol–water partition coefficient (Wildman–Crippen LogP) is 4.21. The first-order valence-corrected chi connectivity index (χ1v) is 7.91. The minimum atomic E-state index is -6.86. The molecule has 0 aliphatic rings. The summed E-state index contributed by atoms with van der Waals surface area (Å²) in [4.78, 5) is 0. The second kappa shape index (κ2) is 5.95. The van der Waals surface area contributed by atoms with Crippen molar-refractivity contribution in [2.24, 2.45) is 0 Å². The van der Waals surface area contributed by atoms with Gasteiger partial charge in [-0.2, -0.15) is 39.5 Å². The van der Waals surface area contributed by atoms with Crippen molar-refractivity contribution in [1.82, 2.24) is 0 Å². The van der Waals surface area contributed by atoms with Crippen molar-refractivity contribution in [2.45, 2.75) is 43.0 Å². The number of alkyl halides is 9. The molecule has 0 radical (unpaired) electrons. The van der Waals surface area contributed by atoms with Gasteiger partial charge in [-0.05, 0) is 12.6 Å². The first-order valence-electron chi connectivity index (χ1n) is 5.38. The van der Waals surface area contributed by atoms with Crippen molar-refractivity contribution in [1.29, 1.82) is 0 Å². The summed E-state index contributed by atoms with van der Waals surface area (Å²) in [6, 6.07) is -0.892. The lowest BCUT2D eigenvalue weighted by molar-refractivity contribution is -0.396. The van der Waals surface area contributed by atoms with Crippen LogP contribution in [0.5, 0.6) is 0 Å². The van der Waals surface area contributed by atoms with Crippen molar-refractivity contribution in [3.8, 4) is 0 Å². The van der Waals surface area contributed by atoms with Gasteiger partial charge in [0.25, 0.3) is 0 Å². The van der Waals surface area contributed by atoms with E-state index in [9.17, 15) is 39.5 Å². The SMILES string of the molecule is CO[Si](C)(CCC(F)(F)C(F)(F)C(F)(F)C(F)(F)F)OC. The van der Waals surface area contributed by atoms with E-state index in [1.54, 1.807) is 0 Å². The van der Waals surface area contributed by atoms with Gasteiger partial charge in [0, 0.05) is 20.6 Å². The van der Waals surface area contributed by atoms with Gasteiger partial charge in [0.15, 0.2) is 0 Å². The molecule has 0 fully saturated rings. The van der Waals surface area contributed by atoms with E-state index in [1.165, 1.54) is 6.55 Å². The Labute approximate surface area is 115 Å². The number of hydrogen-bond donors (Lipinski definition) is 0. The third kappa shape index (κ3) is 3.83. The van der Waals surface area contributed by atoms with Crippen LogP contribution in [0.25, 0.3) is 0 Å². The van der Waals surface area contributed by atoms with Crippen molar-refractivity contribution in [2.75, 3.05) is 14.2 Å². The minimum Gasteiger partial charge on any atom is -0.398 e. The monoisotopic (exact) mass is 352 g/mol. The highest BCUT2D eigenvalue weighted by Gasteiger charge is 2.81. The maximum Gasteiger partial charge on any atom is 0.460 e. The minimum absolute atomic E-state index is 0.892. The Balaban J connectivity index is 5.31. The highest BCUT2D eigenvalue weighted by molar-refractivity contribution is 6.65. The summed E-state index contributed by atoms with van der Waals surface area (Å²) in [7, 11) is -1.28. The van der Waals surface area contributed by atoms with Crippen LogP contribution in [0, 0.1) is 0 Å². The molecule has 0 aromatic heterocycles. The molecule has 0 spiro atoms. The van der Waals surface area contributed by atoms with E-state index in [2.05, 4.69) is 8.85 Å². The first-order chi connectivity index (χ1) is 9.08. The average Bonchev–Trinajstić information content (AvgIpc) is 2.34. The maximum atomic E-state index is 13.2. The summed E-state index contributed by atoms with van der Waals surface area (Å²) < 4.78 is 122. The summed E-state index contributed by atoms with van der Waals surface area (Å²) in [6.07, 6.45) is -8.74. The third-order valence-corrected chi connectivity index (χ3v) is 5.85. The van der Waals surface area contributed by atoms with Gasteiger partial charge < -0.3 is 8.85 Å². The van der Waals surface area contributed by atoms with Gasteiger partial charge in [-0.25, -0.2) is 0 Å². The molecule has 12 heteroatoms. The van der Waals surface area contributed by atoms with E-state index in [-0.39, 0.29) is 0 Å². The normalized spacial score (nSPS) is 15.4. The van der Waals surface area contributed by atoms with Crippen molar-refractivity contribution in [3.63, 3.8) is 0 Å². The van der Waals surface area contributed by atoms with Crippen molar-refractivity contribution in [3.05, 3.63) is 0 Å². The van der Waals surface area contributed by atoms with Crippen LogP contribution in [0.15, 0.2) is 0 Å². The fraction of sp³-hybridized carbons (Fsp3) is 1.00. The van der Waals surface area contributed by atoms with Crippen LogP contribution in [-0.2, 0) is 8.85 Å². The highest BCUT2D eigenvalue weighted by Crippen LogP contribution is 2.54. The molecular formula is C9H13F9O2Si. The standard InChI is InChI=1S/C9H13F9O2Si/c1-19-21(3,20-2)5-4-6(10,11)7(12,13)8(14,15)9(16,17)18/h4-5H2,1-3H3. The second-order valence-electron chi connectivity index (χ2n) is 4.39. The molecule has 128 valence electrons. The number of hydrogen-bond acceptors (Lipinski definition) is 2. The molecule has 0 amide bonds. The van der Waals surface area contributed by atoms with Crippen molar-refractivity contribution < 1.29 is 48.4 Å².